The van der Waals surface area contributed by atoms with E-state index < -0.39 is 0 Å². The van der Waals surface area contributed by atoms with E-state index in [2.05, 4.69) is 212 Å². The van der Waals surface area contributed by atoms with E-state index in [1.54, 1.807) is 0 Å². The van der Waals surface area contributed by atoms with Crippen LogP contribution >= 0.6 is 0 Å². The lowest BCUT2D eigenvalue weighted by Gasteiger charge is -2.21. The van der Waals surface area contributed by atoms with Gasteiger partial charge in [0.15, 0.2) is 17.5 Å². The van der Waals surface area contributed by atoms with Crippen LogP contribution in [0.1, 0.15) is 23.5 Å². The Balaban J connectivity index is 1.07. The van der Waals surface area contributed by atoms with Crippen molar-refractivity contribution >= 4 is 5.57 Å². The molecule has 3 heteroatoms. The third-order valence-corrected chi connectivity index (χ3v) is 11.4. The first kappa shape index (κ1) is 36.6. The van der Waals surface area contributed by atoms with Crippen molar-refractivity contribution in [1.82, 2.24) is 15.0 Å². The van der Waals surface area contributed by atoms with Crippen molar-refractivity contribution in [3.05, 3.63) is 242 Å². The summed E-state index contributed by atoms with van der Waals surface area (Å²) in [6, 6.07) is 74.6. The molecule has 1 aromatic heterocycles. The first-order valence-electron chi connectivity index (χ1n) is 20.6. The molecule has 10 rings (SSSR count). The number of nitrogens with zero attached hydrogens (tertiary/aromatic N) is 3. The number of hydrogen-bond acceptors (Lipinski definition) is 3. The molecule has 0 saturated carbocycles. The van der Waals surface area contributed by atoms with Crippen molar-refractivity contribution in [3.8, 4) is 78.7 Å². The van der Waals surface area contributed by atoms with Gasteiger partial charge in [0.25, 0.3) is 0 Å². The fraction of sp³-hybridized carbons (Fsp3) is 0.0351. The van der Waals surface area contributed by atoms with E-state index in [0.29, 0.717) is 17.5 Å². The van der Waals surface area contributed by atoms with Crippen molar-refractivity contribution < 1.29 is 0 Å². The number of benzene rings is 8. The van der Waals surface area contributed by atoms with Crippen molar-refractivity contribution in [2.24, 2.45) is 0 Å². The summed E-state index contributed by atoms with van der Waals surface area (Å²) in [6.07, 6.45) is 7.91. The average molecular weight is 768 g/mol. The quantitative estimate of drug-likeness (QED) is 0.147. The van der Waals surface area contributed by atoms with Gasteiger partial charge in [0.2, 0.25) is 0 Å². The van der Waals surface area contributed by atoms with Crippen LogP contribution < -0.4 is 0 Å². The molecule has 1 atom stereocenters. The van der Waals surface area contributed by atoms with Gasteiger partial charge in [-0.2, -0.15) is 0 Å². The summed E-state index contributed by atoms with van der Waals surface area (Å²) in [5, 5.41) is 0. The van der Waals surface area contributed by atoms with E-state index in [1.165, 1.54) is 33.4 Å². The maximum absolute atomic E-state index is 5.36. The normalized spacial score (nSPS) is 13.5. The highest BCUT2D eigenvalue weighted by Gasteiger charge is 2.22. The highest BCUT2D eigenvalue weighted by molar-refractivity contribution is 5.91. The molecule has 0 spiro atoms. The molecule has 1 aliphatic carbocycles. The standard InChI is InChI=1S/C57H41N3/c1-4-18-40(19-5-1)42-32-36-44(37-33-42)47-24-10-12-26-49(47)51-28-14-16-30-53(51)56-58-55(46-22-8-3-9-23-46)59-57(60-56)54-31-17-15-29-52(54)50-27-13-11-25-48(50)45-38-34-43(35-39-45)41-20-6-2-7-21-41/h1-38,45H,39H2. The first-order chi connectivity index (χ1) is 29.8. The Kier molecular flexibility index (Phi) is 10.1. The van der Waals surface area contributed by atoms with Crippen LogP contribution in [0.2, 0.25) is 0 Å². The molecule has 1 unspecified atom stereocenters. The third kappa shape index (κ3) is 7.41. The molecule has 0 fully saturated rings. The van der Waals surface area contributed by atoms with Crippen LogP contribution in [0.3, 0.4) is 0 Å². The molecule has 284 valence electrons. The summed E-state index contributed by atoms with van der Waals surface area (Å²) in [7, 11) is 0. The minimum absolute atomic E-state index is 0.233. The van der Waals surface area contributed by atoms with Gasteiger partial charge in [-0.3, -0.25) is 0 Å². The number of rotatable bonds is 9. The van der Waals surface area contributed by atoms with Crippen LogP contribution in [0.4, 0.5) is 0 Å². The Morgan fingerprint density at radius 2 is 0.700 bits per heavy atom. The van der Waals surface area contributed by atoms with Gasteiger partial charge in [-0.1, -0.05) is 231 Å². The van der Waals surface area contributed by atoms with Gasteiger partial charge >= 0.3 is 0 Å². The van der Waals surface area contributed by atoms with Crippen LogP contribution in [0.15, 0.2) is 231 Å². The Hall–Kier alpha value is -7.75. The van der Waals surface area contributed by atoms with E-state index >= 15 is 0 Å². The Morgan fingerprint density at radius 3 is 1.27 bits per heavy atom. The van der Waals surface area contributed by atoms with E-state index in [0.717, 1.165) is 50.9 Å². The fourth-order valence-corrected chi connectivity index (χ4v) is 8.36. The zero-order valence-electron chi connectivity index (χ0n) is 33.1. The summed E-state index contributed by atoms with van der Waals surface area (Å²) < 4.78 is 0. The van der Waals surface area contributed by atoms with E-state index in [1.807, 2.05) is 18.2 Å². The number of allylic oxidation sites excluding steroid dienone is 4. The van der Waals surface area contributed by atoms with Crippen LogP contribution in [0.25, 0.3) is 84.2 Å². The second kappa shape index (κ2) is 16.6. The second-order valence-corrected chi connectivity index (χ2v) is 15.1. The van der Waals surface area contributed by atoms with E-state index in [-0.39, 0.29) is 5.92 Å². The number of aromatic nitrogens is 3. The van der Waals surface area contributed by atoms with Gasteiger partial charge < -0.3 is 0 Å². The molecule has 0 saturated heterocycles. The Labute approximate surface area is 351 Å². The molecule has 3 nitrogen and oxygen atoms in total. The molecule has 0 radical (unpaired) electrons. The summed E-state index contributed by atoms with van der Waals surface area (Å²) in [4.78, 5) is 15.8. The summed E-state index contributed by atoms with van der Waals surface area (Å²) in [6.45, 7) is 0. The van der Waals surface area contributed by atoms with Gasteiger partial charge in [0, 0.05) is 22.6 Å². The molecule has 0 aliphatic heterocycles. The summed E-state index contributed by atoms with van der Waals surface area (Å²) >= 11 is 0. The Bertz CT molecular complexity index is 2990. The molecule has 9 aromatic rings. The van der Waals surface area contributed by atoms with Crippen molar-refractivity contribution in [2.75, 3.05) is 0 Å². The maximum atomic E-state index is 5.36. The van der Waals surface area contributed by atoms with Gasteiger partial charge in [-0.05, 0) is 67.6 Å². The molecule has 8 aromatic carbocycles. The summed E-state index contributed by atoms with van der Waals surface area (Å²) in [5.41, 5.74) is 15.7. The molecule has 0 N–H and O–H groups in total. The topological polar surface area (TPSA) is 38.7 Å². The van der Waals surface area contributed by atoms with Gasteiger partial charge in [0.1, 0.15) is 0 Å². The highest BCUT2D eigenvalue weighted by atomic mass is 15.0. The Morgan fingerprint density at radius 1 is 0.300 bits per heavy atom. The molecule has 1 heterocycles. The third-order valence-electron chi connectivity index (χ3n) is 11.4. The molecular weight excluding hydrogens is 727 g/mol. The lowest BCUT2D eigenvalue weighted by Crippen LogP contribution is -2.04. The number of hydrogen-bond donors (Lipinski definition) is 0. The minimum atomic E-state index is 0.233. The van der Waals surface area contributed by atoms with Gasteiger partial charge in [-0.15, -0.1) is 0 Å². The van der Waals surface area contributed by atoms with Crippen molar-refractivity contribution in [2.45, 2.75) is 12.3 Å². The average Bonchev–Trinajstić information content (AvgIpc) is 3.35. The lowest BCUT2D eigenvalue weighted by atomic mass is 9.83. The maximum Gasteiger partial charge on any atom is 0.164 e. The molecule has 60 heavy (non-hydrogen) atoms. The minimum Gasteiger partial charge on any atom is -0.208 e. The predicted octanol–water partition coefficient (Wildman–Crippen LogP) is 14.7. The zero-order chi connectivity index (χ0) is 40.1. The van der Waals surface area contributed by atoms with Gasteiger partial charge in [0.05, 0.1) is 0 Å². The lowest BCUT2D eigenvalue weighted by molar-refractivity contribution is 0.858. The summed E-state index contributed by atoms with van der Waals surface area (Å²) in [5.74, 6) is 2.12. The molecule has 0 amide bonds. The fourth-order valence-electron chi connectivity index (χ4n) is 8.36. The van der Waals surface area contributed by atoms with Crippen LogP contribution in [0, 0.1) is 0 Å². The van der Waals surface area contributed by atoms with Crippen molar-refractivity contribution in [1.29, 1.82) is 0 Å². The largest absolute Gasteiger partial charge is 0.208 e. The van der Waals surface area contributed by atoms with E-state index in [4.69, 9.17) is 15.0 Å². The van der Waals surface area contributed by atoms with Crippen LogP contribution in [0.5, 0.6) is 0 Å². The second-order valence-electron chi connectivity index (χ2n) is 15.1. The predicted molar refractivity (Wildman–Crippen MR) is 249 cm³/mol. The van der Waals surface area contributed by atoms with Crippen LogP contribution in [-0.2, 0) is 0 Å². The SMILES string of the molecule is C1=CC(c2ccccc2-c2ccccc2-c2nc(-c3ccccc3)nc(-c3ccccc3-c3ccccc3-c3ccc(-c4ccccc4)cc3)n2)CC=C1c1ccccc1. The highest BCUT2D eigenvalue weighted by Crippen LogP contribution is 2.42. The van der Waals surface area contributed by atoms with Crippen molar-refractivity contribution in [3.63, 3.8) is 0 Å². The van der Waals surface area contributed by atoms with E-state index in [9.17, 15) is 0 Å². The first-order valence-corrected chi connectivity index (χ1v) is 20.6. The smallest absolute Gasteiger partial charge is 0.164 e. The van der Waals surface area contributed by atoms with Crippen LogP contribution in [-0.4, -0.2) is 15.0 Å². The monoisotopic (exact) mass is 767 g/mol. The molecule has 1 aliphatic rings. The zero-order valence-corrected chi connectivity index (χ0v) is 33.1. The molecule has 0 bridgehead atoms. The molecular formula is C57H41N3. The van der Waals surface area contributed by atoms with Gasteiger partial charge in [-0.25, -0.2) is 15.0 Å².